The molecule has 1 heterocycles. The Morgan fingerprint density at radius 3 is 2.30 bits per heavy atom. The van der Waals surface area contributed by atoms with Gasteiger partial charge in [0.1, 0.15) is 5.69 Å². The Labute approximate surface area is 137 Å². The highest BCUT2D eigenvalue weighted by Gasteiger charge is 2.17. The third-order valence-electron chi connectivity index (χ3n) is 4.27. The highest BCUT2D eigenvalue weighted by atomic mass is 15.4. The number of nitrogens with zero attached hydrogens (tertiary/aromatic N) is 3. The van der Waals surface area contributed by atoms with E-state index in [1.807, 2.05) is 32.2 Å². The molecule has 0 unspecified atom stereocenters. The van der Waals surface area contributed by atoms with E-state index in [9.17, 15) is 0 Å². The first-order valence-corrected chi connectivity index (χ1v) is 7.67. The standard InChI is InChI=1S/C20H20N3/c1-14-6-5-7-15(2)20(14)18-12-22(4)23(13-18)19-9-8-17(11-21)10-16(19)3/h5-10,12-13H,1-4H3/q+1. The number of aryl methyl sites for hydroxylation is 4. The molecule has 1 aromatic heterocycles. The maximum Gasteiger partial charge on any atom is 0.203 e. The molecule has 0 amide bonds. The number of rotatable bonds is 2. The summed E-state index contributed by atoms with van der Waals surface area (Å²) in [6, 6.07) is 14.4. The molecule has 3 rings (SSSR count). The number of hydrogen-bond acceptors (Lipinski definition) is 1. The molecule has 114 valence electrons. The van der Waals surface area contributed by atoms with Gasteiger partial charge in [-0.15, -0.1) is 9.36 Å². The summed E-state index contributed by atoms with van der Waals surface area (Å²) in [5.74, 6) is 0. The lowest BCUT2D eigenvalue weighted by Crippen LogP contribution is -2.37. The van der Waals surface area contributed by atoms with Gasteiger partial charge in [0.25, 0.3) is 0 Å². The summed E-state index contributed by atoms with van der Waals surface area (Å²) in [5, 5.41) is 9.03. The zero-order chi connectivity index (χ0) is 16.6. The van der Waals surface area contributed by atoms with E-state index >= 15 is 0 Å². The molecule has 3 nitrogen and oxygen atoms in total. The number of benzene rings is 2. The molecule has 0 fully saturated rings. The van der Waals surface area contributed by atoms with Crippen LogP contribution in [0.3, 0.4) is 0 Å². The number of aromatic nitrogens is 2. The van der Waals surface area contributed by atoms with Gasteiger partial charge in [0.15, 0.2) is 7.05 Å². The van der Waals surface area contributed by atoms with Crippen LogP contribution >= 0.6 is 0 Å². The summed E-state index contributed by atoms with van der Waals surface area (Å²) < 4.78 is 4.20. The Kier molecular flexibility index (Phi) is 3.75. The Bertz CT molecular complexity index is 906. The third-order valence-corrected chi connectivity index (χ3v) is 4.27. The van der Waals surface area contributed by atoms with Crippen LogP contribution in [0.5, 0.6) is 0 Å². The van der Waals surface area contributed by atoms with Crippen molar-refractivity contribution in [1.29, 1.82) is 5.26 Å². The molecule has 0 atom stereocenters. The van der Waals surface area contributed by atoms with Crippen LogP contribution in [0.15, 0.2) is 48.8 Å². The van der Waals surface area contributed by atoms with E-state index in [-0.39, 0.29) is 0 Å². The first-order chi connectivity index (χ1) is 11.0. The fraction of sp³-hybridized carbons (Fsp3) is 0.200. The van der Waals surface area contributed by atoms with Crippen LogP contribution in [-0.2, 0) is 7.05 Å². The second-order valence-corrected chi connectivity index (χ2v) is 6.01. The monoisotopic (exact) mass is 302 g/mol. The van der Waals surface area contributed by atoms with E-state index in [4.69, 9.17) is 5.26 Å². The van der Waals surface area contributed by atoms with E-state index in [0.717, 1.165) is 11.3 Å². The number of hydrogen-bond donors (Lipinski definition) is 0. The fourth-order valence-corrected chi connectivity index (χ4v) is 3.14. The zero-order valence-electron chi connectivity index (χ0n) is 14.0. The van der Waals surface area contributed by atoms with Gasteiger partial charge in [-0.2, -0.15) is 5.26 Å². The van der Waals surface area contributed by atoms with Gasteiger partial charge in [-0.3, -0.25) is 0 Å². The van der Waals surface area contributed by atoms with Gasteiger partial charge in [0.2, 0.25) is 6.20 Å². The number of nitriles is 1. The van der Waals surface area contributed by atoms with Gasteiger partial charge >= 0.3 is 0 Å². The van der Waals surface area contributed by atoms with Gasteiger partial charge in [-0.1, -0.05) is 18.2 Å². The maximum atomic E-state index is 9.03. The van der Waals surface area contributed by atoms with E-state index in [2.05, 4.69) is 59.9 Å². The van der Waals surface area contributed by atoms with Crippen molar-refractivity contribution in [3.8, 4) is 22.9 Å². The quantitative estimate of drug-likeness (QED) is 0.663. The Hall–Kier alpha value is -2.86. The molecule has 0 N–H and O–H groups in total. The molecule has 0 spiro atoms. The lowest BCUT2D eigenvalue weighted by Gasteiger charge is -2.06. The van der Waals surface area contributed by atoms with Crippen LogP contribution in [0, 0.1) is 32.1 Å². The molecule has 0 aliphatic carbocycles. The lowest BCUT2D eigenvalue weighted by atomic mass is 9.98. The average Bonchev–Trinajstić information content (AvgIpc) is 2.88. The third kappa shape index (κ3) is 2.64. The van der Waals surface area contributed by atoms with E-state index in [1.54, 1.807) is 0 Å². The summed E-state index contributed by atoms with van der Waals surface area (Å²) >= 11 is 0. The van der Waals surface area contributed by atoms with Crippen LogP contribution in [0.4, 0.5) is 0 Å². The second kappa shape index (κ2) is 5.73. The van der Waals surface area contributed by atoms with E-state index < -0.39 is 0 Å². The van der Waals surface area contributed by atoms with Gasteiger partial charge in [-0.25, -0.2) is 0 Å². The molecule has 0 aliphatic heterocycles. The normalized spacial score (nSPS) is 10.6. The minimum absolute atomic E-state index is 0.691. The van der Waals surface area contributed by atoms with Crippen LogP contribution in [0.1, 0.15) is 22.3 Å². The summed E-state index contributed by atoms with van der Waals surface area (Å²) in [6.45, 7) is 6.33. The molecule has 0 bridgehead atoms. The van der Waals surface area contributed by atoms with Gasteiger partial charge in [0.05, 0.1) is 23.4 Å². The van der Waals surface area contributed by atoms with Crippen molar-refractivity contribution in [2.24, 2.45) is 7.05 Å². The molecule has 3 heteroatoms. The molecule has 3 aromatic rings. The van der Waals surface area contributed by atoms with Crippen LogP contribution in [0.2, 0.25) is 0 Å². The minimum Gasteiger partial charge on any atom is -0.192 e. The molecule has 0 saturated carbocycles. The van der Waals surface area contributed by atoms with Gasteiger partial charge < -0.3 is 0 Å². The largest absolute Gasteiger partial charge is 0.203 e. The van der Waals surface area contributed by atoms with Crippen molar-refractivity contribution >= 4 is 0 Å². The zero-order valence-corrected chi connectivity index (χ0v) is 14.0. The van der Waals surface area contributed by atoms with Crippen molar-refractivity contribution in [2.75, 3.05) is 0 Å². The Balaban J connectivity index is 2.15. The van der Waals surface area contributed by atoms with Gasteiger partial charge in [-0.05, 0) is 61.2 Å². The molecular weight excluding hydrogens is 282 g/mol. The highest BCUT2D eigenvalue weighted by molar-refractivity contribution is 5.69. The summed E-state index contributed by atoms with van der Waals surface area (Å²) in [6.07, 6.45) is 4.30. The molecular formula is C20H20N3+. The molecule has 0 saturated heterocycles. The summed E-state index contributed by atoms with van der Waals surface area (Å²) in [5.41, 5.74) is 7.90. The van der Waals surface area contributed by atoms with E-state index in [1.165, 1.54) is 22.3 Å². The summed E-state index contributed by atoms with van der Waals surface area (Å²) in [7, 11) is 2.04. The van der Waals surface area contributed by atoms with Crippen molar-refractivity contribution in [1.82, 2.24) is 4.68 Å². The SMILES string of the molecule is Cc1cc(C#N)ccc1-n1cc(-c2c(C)cccc2C)c[n+]1C. The van der Waals surface area contributed by atoms with Crippen molar-refractivity contribution < 1.29 is 4.68 Å². The molecule has 0 radical (unpaired) electrons. The highest BCUT2D eigenvalue weighted by Crippen LogP contribution is 2.27. The smallest absolute Gasteiger partial charge is 0.192 e. The van der Waals surface area contributed by atoms with Crippen molar-refractivity contribution in [3.63, 3.8) is 0 Å². The van der Waals surface area contributed by atoms with Crippen LogP contribution < -0.4 is 4.68 Å². The Morgan fingerprint density at radius 2 is 1.70 bits per heavy atom. The molecule has 23 heavy (non-hydrogen) atoms. The summed E-state index contributed by atoms with van der Waals surface area (Å²) in [4.78, 5) is 0. The molecule has 2 aromatic carbocycles. The first-order valence-electron chi connectivity index (χ1n) is 7.67. The fourth-order valence-electron chi connectivity index (χ4n) is 3.14. The minimum atomic E-state index is 0.691. The first kappa shape index (κ1) is 15.1. The molecule has 0 aliphatic rings. The maximum absolute atomic E-state index is 9.03. The predicted octanol–water partition coefficient (Wildman–Crippen LogP) is 3.77. The van der Waals surface area contributed by atoms with Crippen LogP contribution in [-0.4, -0.2) is 4.68 Å². The average molecular weight is 302 g/mol. The van der Waals surface area contributed by atoms with Crippen LogP contribution in [0.25, 0.3) is 16.8 Å². The second-order valence-electron chi connectivity index (χ2n) is 6.01. The topological polar surface area (TPSA) is 32.6 Å². The van der Waals surface area contributed by atoms with Crippen molar-refractivity contribution in [2.45, 2.75) is 20.8 Å². The van der Waals surface area contributed by atoms with Gasteiger partial charge in [0, 0.05) is 0 Å². The van der Waals surface area contributed by atoms with E-state index in [0.29, 0.717) is 5.56 Å². The Morgan fingerprint density at radius 1 is 1.00 bits per heavy atom. The van der Waals surface area contributed by atoms with Crippen molar-refractivity contribution in [3.05, 3.63) is 71.0 Å². The predicted molar refractivity (Wildman–Crippen MR) is 91.3 cm³/mol. The lowest BCUT2D eigenvalue weighted by molar-refractivity contribution is -0.744.